The highest BCUT2D eigenvalue weighted by molar-refractivity contribution is 9.10. The average molecular weight is 357 g/mol. The quantitative estimate of drug-likeness (QED) is 0.801. The Bertz CT molecular complexity index is 650. The third kappa shape index (κ3) is 2.76. The van der Waals surface area contributed by atoms with E-state index in [2.05, 4.69) is 21.2 Å². The zero-order valence-electron chi connectivity index (χ0n) is 10.5. The van der Waals surface area contributed by atoms with Gasteiger partial charge in [0.25, 0.3) is 0 Å². The molecule has 1 unspecified atom stereocenters. The first-order chi connectivity index (χ1) is 9.63. The Kier molecular flexibility index (Phi) is 3.85. The molecular weight excluding hydrogens is 345 g/mol. The van der Waals surface area contributed by atoms with Crippen LogP contribution in [0, 0.1) is 5.82 Å². The molecule has 2 aromatic carbocycles. The van der Waals surface area contributed by atoms with Gasteiger partial charge < -0.3 is 10.1 Å². The van der Waals surface area contributed by atoms with Crippen LogP contribution >= 0.6 is 27.5 Å². The first kappa shape index (κ1) is 13.7. The summed E-state index contributed by atoms with van der Waals surface area (Å²) in [4.78, 5) is 0. The maximum atomic E-state index is 13.3. The summed E-state index contributed by atoms with van der Waals surface area (Å²) >= 11 is 9.56. The Morgan fingerprint density at radius 3 is 2.95 bits per heavy atom. The zero-order valence-corrected chi connectivity index (χ0v) is 12.8. The van der Waals surface area contributed by atoms with Crippen LogP contribution in [-0.4, -0.2) is 6.61 Å². The summed E-state index contributed by atoms with van der Waals surface area (Å²) in [5.74, 6) is 0.544. The summed E-state index contributed by atoms with van der Waals surface area (Å²) in [6.45, 7) is 0.624. The summed E-state index contributed by atoms with van der Waals surface area (Å²) in [5, 5.41) is 3.81. The van der Waals surface area contributed by atoms with E-state index in [0.29, 0.717) is 17.3 Å². The third-order valence-electron chi connectivity index (χ3n) is 3.27. The third-order valence-corrected chi connectivity index (χ3v) is 4.09. The van der Waals surface area contributed by atoms with E-state index in [4.69, 9.17) is 16.3 Å². The first-order valence-corrected chi connectivity index (χ1v) is 7.44. The Morgan fingerprint density at radius 2 is 2.10 bits per heavy atom. The molecule has 1 N–H and O–H groups in total. The van der Waals surface area contributed by atoms with Crippen molar-refractivity contribution in [3.05, 3.63) is 57.3 Å². The highest BCUT2D eigenvalue weighted by Gasteiger charge is 2.22. The van der Waals surface area contributed by atoms with Gasteiger partial charge in [-0.25, -0.2) is 4.39 Å². The van der Waals surface area contributed by atoms with Crippen LogP contribution in [0.15, 0.2) is 40.9 Å². The second-order valence-corrected chi connectivity index (χ2v) is 5.96. The lowest BCUT2D eigenvalue weighted by atomic mass is 10.0. The smallest absolute Gasteiger partial charge is 0.125 e. The first-order valence-electron chi connectivity index (χ1n) is 6.27. The number of hydrogen-bond donors (Lipinski definition) is 1. The van der Waals surface area contributed by atoms with Crippen molar-refractivity contribution in [1.29, 1.82) is 0 Å². The van der Waals surface area contributed by atoms with E-state index in [1.54, 1.807) is 6.07 Å². The van der Waals surface area contributed by atoms with E-state index in [9.17, 15) is 4.39 Å². The Balaban J connectivity index is 1.93. The fourth-order valence-corrected chi connectivity index (χ4v) is 2.86. The molecule has 0 fully saturated rings. The van der Waals surface area contributed by atoms with E-state index >= 15 is 0 Å². The topological polar surface area (TPSA) is 21.3 Å². The van der Waals surface area contributed by atoms with Crippen LogP contribution in [0.5, 0.6) is 5.75 Å². The van der Waals surface area contributed by atoms with Gasteiger partial charge in [0.15, 0.2) is 0 Å². The summed E-state index contributed by atoms with van der Waals surface area (Å²) in [6.07, 6.45) is 0.802. The molecule has 5 heteroatoms. The fourth-order valence-electron chi connectivity index (χ4n) is 2.31. The van der Waals surface area contributed by atoms with Gasteiger partial charge >= 0.3 is 0 Å². The second-order valence-electron chi connectivity index (χ2n) is 4.64. The van der Waals surface area contributed by atoms with Gasteiger partial charge in [0.1, 0.15) is 11.6 Å². The van der Waals surface area contributed by atoms with Gasteiger partial charge in [0.05, 0.1) is 23.4 Å². The van der Waals surface area contributed by atoms with Crippen LogP contribution in [0.25, 0.3) is 0 Å². The normalized spacial score (nSPS) is 17.2. The molecule has 1 aliphatic rings. The summed E-state index contributed by atoms with van der Waals surface area (Å²) in [5.41, 5.74) is 1.65. The largest absolute Gasteiger partial charge is 0.493 e. The molecule has 0 aliphatic carbocycles. The lowest BCUT2D eigenvalue weighted by molar-refractivity contribution is 0.274. The molecule has 0 radical (unpaired) electrons. The maximum absolute atomic E-state index is 13.3. The monoisotopic (exact) mass is 355 g/mol. The number of nitrogens with one attached hydrogen (secondary N) is 1. The SMILES string of the molecule is Fc1ccc(Cl)c(NC2CCOc3ccc(Br)cc32)c1. The lowest BCUT2D eigenvalue weighted by Crippen LogP contribution is -2.20. The highest BCUT2D eigenvalue weighted by atomic mass is 79.9. The van der Waals surface area contributed by atoms with Crippen molar-refractivity contribution >= 4 is 33.2 Å². The second kappa shape index (κ2) is 5.62. The molecule has 0 aromatic heterocycles. The molecule has 2 nitrogen and oxygen atoms in total. The Labute approximate surface area is 130 Å². The van der Waals surface area contributed by atoms with Crippen LogP contribution in [0.4, 0.5) is 10.1 Å². The van der Waals surface area contributed by atoms with E-state index < -0.39 is 0 Å². The van der Waals surface area contributed by atoms with Crippen molar-refractivity contribution in [1.82, 2.24) is 0 Å². The lowest BCUT2D eigenvalue weighted by Gasteiger charge is -2.28. The van der Waals surface area contributed by atoms with E-state index in [1.165, 1.54) is 12.1 Å². The van der Waals surface area contributed by atoms with E-state index in [-0.39, 0.29) is 11.9 Å². The molecular formula is C15H12BrClFNO. The van der Waals surface area contributed by atoms with Crippen LogP contribution in [0.1, 0.15) is 18.0 Å². The van der Waals surface area contributed by atoms with Gasteiger partial charge in [-0.05, 0) is 36.4 Å². The molecule has 1 atom stereocenters. The predicted molar refractivity (Wildman–Crippen MR) is 82.0 cm³/mol. The standard InChI is InChI=1S/C15H12BrClFNO/c16-9-1-4-15-11(7-9)13(5-6-20-15)19-14-8-10(18)2-3-12(14)17/h1-4,7-8,13,19H,5-6H2. The van der Waals surface area contributed by atoms with Crippen LogP contribution < -0.4 is 10.1 Å². The van der Waals surface area contributed by atoms with Crippen LogP contribution in [-0.2, 0) is 0 Å². The summed E-state index contributed by atoms with van der Waals surface area (Å²) in [7, 11) is 0. The Hall–Kier alpha value is -1.26. The van der Waals surface area contributed by atoms with Gasteiger partial charge in [0, 0.05) is 16.5 Å². The van der Waals surface area contributed by atoms with E-state index in [0.717, 1.165) is 22.2 Å². The van der Waals surface area contributed by atoms with Gasteiger partial charge in [0.2, 0.25) is 0 Å². The average Bonchev–Trinajstić information content (AvgIpc) is 2.43. The number of benzene rings is 2. The number of rotatable bonds is 2. The molecule has 20 heavy (non-hydrogen) atoms. The number of hydrogen-bond acceptors (Lipinski definition) is 2. The minimum atomic E-state index is -0.307. The number of fused-ring (bicyclic) bond motifs is 1. The van der Waals surface area contributed by atoms with Crippen LogP contribution in [0.3, 0.4) is 0 Å². The van der Waals surface area contributed by atoms with E-state index in [1.807, 2.05) is 18.2 Å². The van der Waals surface area contributed by atoms with Gasteiger partial charge in [-0.2, -0.15) is 0 Å². The molecule has 1 aliphatic heterocycles. The van der Waals surface area contributed by atoms with Crippen molar-refractivity contribution in [3.63, 3.8) is 0 Å². The maximum Gasteiger partial charge on any atom is 0.125 e. The molecule has 0 amide bonds. The van der Waals surface area contributed by atoms with Gasteiger partial charge in [-0.3, -0.25) is 0 Å². The minimum Gasteiger partial charge on any atom is -0.493 e. The van der Waals surface area contributed by atoms with Crippen molar-refractivity contribution in [2.45, 2.75) is 12.5 Å². The van der Waals surface area contributed by atoms with Crippen molar-refractivity contribution in [3.8, 4) is 5.75 Å². The zero-order chi connectivity index (χ0) is 14.1. The Morgan fingerprint density at radius 1 is 1.25 bits per heavy atom. The highest BCUT2D eigenvalue weighted by Crippen LogP contribution is 2.37. The molecule has 1 heterocycles. The molecule has 0 saturated carbocycles. The number of anilines is 1. The van der Waals surface area contributed by atoms with Crippen molar-refractivity contribution in [2.24, 2.45) is 0 Å². The molecule has 0 saturated heterocycles. The van der Waals surface area contributed by atoms with Crippen molar-refractivity contribution < 1.29 is 9.13 Å². The molecule has 2 aromatic rings. The van der Waals surface area contributed by atoms with Crippen molar-refractivity contribution in [2.75, 3.05) is 11.9 Å². The minimum absolute atomic E-state index is 0.0514. The molecule has 104 valence electrons. The molecule has 0 spiro atoms. The van der Waals surface area contributed by atoms with Gasteiger partial charge in [-0.15, -0.1) is 0 Å². The van der Waals surface area contributed by atoms with Crippen LogP contribution in [0.2, 0.25) is 5.02 Å². The molecule has 3 rings (SSSR count). The fraction of sp³-hybridized carbons (Fsp3) is 0.200. The summed E-state index contributed by atoms with van der Waals surface area (Å²) < 4.78 is 19.9. The predicted octanol–water partition coefficient (Wildman–Crippen LogP) is 5.18. The molecule has 0 bridgehead atoms. The number of ether oxygens (including phenoxy) is 1. The number of halogens is 3. The summed E-state index contributed by atoms with van der Waals surface area (Å²) in [6, 6.07) is 10.3. The van der Waals surface area contributed by atoms with Gasteiger partial charge in [-0.1, -0.05) is 27.5 Å².